The highest BCUT2D eigenvalue weighted by Crippen LogP contribution is 2.37. The Morgan fingerprint density at radius 3 is 1.74 bits per heavy atom. The van der Waals surface area contributed by atoms with Crippen molar-refractivity contribution in [2.24, 2.45) is 0 Å². The van der Waals surface area contributed by atoms with Gasteiger partial charge in [-0.2, -0.15) is 26.3 Å². The minimum atomic E-state index is -4.84. The monoisotopic (exact) mass is 350 g/mol. The minimum Gasteiger partial charge on any atom is -0.363 e. The van der Waals surface area contributed by atoms with E-state index in [4.69, 9.17) is 4.74 Å². The van der Waals surface area contributed by atoms with Crippen molar-refractivity contribution in [2.75, 3.05) is 5.52 Å². The second-order valence-corrected chi connectivity index (χ2v) is 4.22. The van der Waals surface area contributed by atoms with Crippen LogP contribution < -0.4 is 0 Å². The molecule has 0 saturated heterocycles. The lowest BCUT2D eigenvalue weighted by atomic mass is 10.0. The minimum absolute atomic E-state index is 0.00572. The smallest absolute Gasteiger partial charge is 0.363 e. The molecule has 0 heterocycles. The van der Waals surface area contributed by atoms with E-state index >= 15 is 0 Å². The summed E-state index contributed by atoms with van der Waals surface area (Å²) < 4.78 is 80.4. The van der Waals surface area contributed by atoms with Gasteiger partial charge in [0.1, 0.15) is 5.52 Å². The van der Waals surface area contributed by atoms with E-state index in [9.17, 15) is 26.3 Å². The molecule has 8 heteroatoms. The number of halogens is 7. The molecular weight excluding hydrogens is 342 g/mol. The molecule has 0 fully saturated rings. The van der Waals surface area contributed by atoms with Crippen molar-refractivity contribution >= 4 is 15.9 Å². The summed E-state index contributed by atoms with van der Waals surface area (Å²) in [5.41, 5.74) is -2.86. The second kappa shape index (κ2) is 5.70. The molecule has 1 aromatic carbocycles. The van der Waals surface area contributed by atoms with Gasteiger partial charge in [0.05, 0.1) is 17.2 Å². The molecule has 0 spiro atoms. The van der Waals surface area contributed by atoms with Gasteiger partial charge in [-0.3, -0.25) is 0 Å². The average Bonchev–Trinajstić information content (AvgIpc) is 2.26. The summed E-state index contributed by atoms with van der Waals surface area (Å²) >= 11 is 2.90. The van der Waals surface area contributed by atoms with E-state index in [1.54, 1.807) is 0 Å². The molecule has 0 aliphatic heterocycles. The van der Waals surface area contributed by atoms with Crippen molar-refractivity contribution in [1.29, 1.82) is 0 Å². The van der Waals surface area contributed by atoms with E-state index in [0.717, 1.165) is 0 Å². The third-order valence-corrected chi connectivity index (χ3v) is 2.66. The number of ether oxygens (including phenoxy) is 1. The molecule has 0 N–H and O–H groups in total. The van der Waals surface area contributed by atoms with Crippen molar-refractivity contribution in [2.45, 2.75) is 25.4 Å². The number of rotatable bonds is 3. The molecule has 1 rings (SSSR count). The van der Waals surface area contributed by atoms with Crippen LogP contribution >= 0.6 is 15.9 Å². The summed E-state index contributed by atoms with van der Waals surface area (Å²) in [5, 5.41) is 0. The van der Waals surface area contributed by atoms with E-state index in [1.165, 1.54) is 6.92 Å². The largest absolute Gasteiger partial charge is 0.416 e. The quantitative estimate of drug-likeness (QED) is 0.540. The highest BCUT2D eigenvalue weighted by Gasteiger charge is 2.37. The molecule has 0 amide bonds. The highest BCUT2D eigenvalue weighted by atomic mass is 79.9. The van der Waals surface area contributed by atoms with Crippen LogP contribution in [-0.2, 0) is 17.1 Å². The molecular formula is C11H9BrF6O. The van der Waals surface area contributed by atoms with Crippen LogP contribution in [0.15, 0.2) is 18.2 Å². The third-order valence-electron chi connectivity index (χ3n) is 2.39. The highest BCUT2D eigenvalue weighted by molar-refractivity contribution is 9.09. The molecule has 1 atom stereocenters. The Balaban J connectivity index is 3.33. The Bertz CT molecular complexity index is 408. The van der Waals surface area contributed by atoms with Crippen molar-refractivity contribution in [3.63, 3.8) is 0 Å². The first-order valence-corrected chi connectivity index (χ1v) is 6.15. The molecule has 19 heavy (non-hydrogen) atoms. The normalized spacial score (nSPS) is 14.5. The molecule has 1 aromatic rings. The Hall–Kier alpha value is -0.760. The van der Waals surface area contributed by atoms with Crippen LogP contribution in [0.4, 0.5) is 26.3 Å². The Labute approximate surface area is 113 Å². The summed E-state index contributed by atoms with van der Waals surface area (Å²) in [4.78, 5) is 0. The predicted molar refractivity (Wildman–Crippen MR) is 59.7 cm³/mol. The number of alkyl halides is 7. The van der Waals surface area contributed by atoms with Crippen molar-refractivity contribution in [3.8, 4) is 0 Å². The van der Waals surface area contributed by atoms with Gasteiger partial charge in [-0.15, -0.1) is 0 Å². The van der Waals surface area contributed by atoms with Gasteiger partial charge in [-0.05, 0) is 30.7 Å². The zero-order chi connectivity index (χ0) is 14.8. The van der Waals surface area contributed by atoms with E-state index in [1.807, 2.05) is 0 Å². The SMILES string of the molecule is CC(OCBr)c1cc(C(F)(F)F)cc(C(F)(F)F)c1. The van der Waals surface area contributed by atoms with Crippen LogP contribution in [-0.4, -0.2) is 5.52 Å². The number of hydrogen-bond donors (Lipinski definition) is 0. The van der Waals surface area contributed by atoms with E-state index in [2.05, 4.69) is 15.9 Å². The molecule has 108 valence electrons. The fourth-order valence-corrected chi connectivity index (χ4v) is 1.80. The van der Waals surface area contributed by atoms with Gasteiger partial charge >= 0.3 is 12.4 Å². The summed E-state index contributed by atoms with van der Waals surface area (Å²) in [6, 6.07) is 1.40. The van der Waals surface area contributed by atoms with Gasteiger partial charge in [0, 0.05) is 0 Å². The topological polar surface area (TPSA) is 9.23 Å². The lowest BCUT2D eigenvalue weighted by Gasteiger charge is -2.17. The standard InChI is InChI=1S/C11H9BrF6O/c1-6(19-5-12)7-2-8(10(13,14)15)4-9(3-7)11(16,17)18/h2-4,6H,5H2,1H3. The van der Waals surface area contributed by atoms with E-state index in [0.29, 0.717) is 12.1 Å². The van der Waals surface area contributed by atoms with Crippen LogP contribution in [0, 0.1) is 0 Å². The van der Waals surface area contributed by atoms with Gasteiger partial charge in [-0.25, -0.2) is 0 Å². The maximum absolute atomic E-state index is 12.6. The zero-order valence-corrected chi connectivity index (χ0v) is 11.2. The molecule has 0 bridgehead atoms. The van der Waals surface area contributed by atoms with Gasteiger partial charge in [0.15, 0.2) is 0 Å². The van der Waals surface area contributed by atoms with Crippen LogP contribution in [0.5, 0.6) is 0 Å². The average molecular weight is 351 g/mol. The first-order chi connectivity index (χ1) is 8.55. The molecule has 0 aliphatic rings. The van der Waals surface area contributed by atoms with Crippen LogP contribution in [0.25, 0.3) is 0 Å². The lowest BCUT2D eigenvalue weighted by Crippen LogP contribution is -2.13. The van der Waals surface area contributed by atoms with Crippen LogP contribution in [0.2, 0.25) is 0 Å². The summed E-state index contributed by atoms with van der Waals surface area (Å²) in [7, 11) is 0. The fraction of sp³-hybridized carbons (Fsp3) is 0.455. The van der Waals surface area contributed by atoms with Gasteiger partial charge in [-0.1, -0.05) is 15.9 Å². The van der Waals surface area contributed by atoms with Crippen molar-refractivity contribution < 1.29 is 31.1 Å². The lowest BCUT2D eigenvalue weighted by molar-refractivity contribution is -0.143. The Morgan fingerprint density at radius 2 is 1.42 bits per heavy atom. The molecule has 0 aromatic heterocycles. The van der Waals surface area contributed by atoms with Crippen molar-refractivity contribution in [3.05, 3.63) is 34.9 Å². The first kappa shape index (κ1) is 16.3. The second-order valence-electron chi connectivity index (χ2n) is 3.76. The molecule has 1 unspecified atom stereocenters. The Kier molecular flexibility index (Phi) is 4.89. The number of hydrogen-bond acceptors (Lipinski definition) is 1. The van der Waals surface area contributed by atoms with Crippen LogP contribution in [0.1, 0.15) is 29.7 Å². The number of benzene rings is 1. The van der Waals surface area contributed by atoms with E-state index in [-0.39, 0.29) is 17.1 Å². The zero-order valence-electron chi connectivity index (χ0n) is 9.57. The van der Waals surface area contributed by atoms with Crippen molar-refractivity contribution in [1.82, 2.24) is 0 Å². The fourth-order valence-electron chi connectivity index (χ4n) is 1.40. The van der Waals surface area contributed by atoms with Gasteiger partial charge in [0.2, 0.25) is 0 Å². The van der Waals surface area contributed by atoms with E-state index < -0.39 is 29.6 Å². The van der Waals surface area contributed by atoms with Gasteiger partial charge in [0.25, 0.3) is 0 Å². The molecule has 0 radical (unpaired) electrons. The Morgan fingerprint density at radius 1 is 1.00 bits per heavy atom. The summed E-state index contributed by atoms with van der Waals surface area (Å²) in [6.07, 6.45) is -10.6. The van der Waals surface area contributed by atoms with Crippen LogP contribution in [0.3, 0.4) is 0 Å². The maximum Gasteiger partial charge on any atom is 0.416 e. The molecule has 0 saturated carbocycles. The van der Waals surface area contributed by atoms with Gasteiger partial charge < -0.3 is 4.74 Å². The third kappa shape index (κ3) is 4.38. The summed E-state index contributed by atoms with van der Waals surface area (Å²) in [5.74, 6) is 0. The molecule has 1 nitrogen and oxygen atoms in total. The maximum atomic E-state index is 12.6. The first-order valence-electron chi connectivity index (χ1n) is 5.02. The molecule has 0 aliphatic carbocycles. The summed E-state index contributed by atoms with van der Waals surface area (Å²) in [6.45, 7) is 1.37. The predicted octanol–water partition coefficient (Wildman–Crippen LogP) is 5.15.